The Hall–Kier alpha value is -1.14. The van der Waals surface area contributed by atoms with Crippen LogP contribution in [0.4, 0.5) is 0 Å². The molecule has 0 aromatic heterocycles. The van der Waals surface area contributed by atoms with E-state index in [4.69, 9.17) is 13.9 Å². The second-order valence-corrected chi connectivity index (χ2v) is 15.0. The fourth-order valence-electron chi connectivity index (χ4n) is 3.11. The highest BCUT2D eigenvalue weighted by atomic mass is 28.4. The van der Waals surface area contributed by atoms with E-state index in [0.717, 1.165) is 43.6 Å². The highest BCUT2D eigenvalue weighted by molar-refractivity contribution is 6.74. The molecule has 178 valence electrons. The van der Waals surface area contributed by atoms with Crippen LogP contribution in [0.15, 0.2) is 36.9 Å². The number of ether oxygens (including phenoxy) is 2. The van der Waals surface area contributed by atoms with Crippen molar-refractivity contribution in [3.63, 3.8) is 0 Å². The molecule has 1 rings (SSSR count). The SMILES string of the molecule is C=CCC[C@H](O)[C@H](CC[C@H](C)CCO[Si](C)(C)C(C)(C)C)OCc1ccc(OC)cc1. The number of aliphatic hydroxyl groups excluding tert-OH is 1. The van der Waals surface area contributed by atoms with Crippen molar-refractivity contribution in [1.82, 2.24) is 0 Å². The molecule has 1 aromatic rings. The predicted molar refractivity (Wildman–Crippen MR) is 133 cm³/mol. The molecule has 0 heterocycles. The second kappa shape index (κ2) is 13.4. The Kier molecular flexibility index (Phi) is 12.1. The summed E-state index contributed by atoms with van der Waals surface area (Å²) in [5.74, 6) is 1.36. The summed E-state index contributed by atoms with van der Waals surface area (Å²) in [4.78, 5) is 0. The minimum atomic E-state index is -1.69. The van der Waals surface area contributed by atoms with E-state index in [2.05, 4.69) is 47.4 Å². The summed E-state index contributed by atoms with van der Waals surface area (Å²) in [6, 6.07) is 7.89. The van der Waals surface area contributed by atoms with E-state index in [1.807, 2.05) is 30.3 Å². The van der Waals surface area contributed by atoms with E-state index in [1.54, 1.807) is 7.11 Å². The summed E-state index contributed by atoms with van der Waals surface area (Å²) in [7, 11) is -0.0268. The third kappa shape index (κ3) is 10.3. The van der Waals surface area contributed by atoms with Crippen molar-refractivity contribution in [2.45, 2.75) is 96.7 Å². The summed E-state index contributed by atoms with van der Waals surface area (Å²) in [5, 5.41) is 10.9. The molecule has 0 amide bonds. The van der Waals surface area contributed by atoms with Gasteiger partial charge in [0.25, 0.3) is 0 Å². The Labute approximate surface area is 192 Å². The average molecular weight is 451 g/mol. The number of methoxy groups -OCH3 is 1. The van der Waals surface area contributed by atoms with Gasteiger partial charge in [0, 0.05) is 6.61 Å². The van der Waals surface area contributed by atoms with Gasteiger partial charge in [-0.05, 0) is 73.9 Å². The molecule has 0 unspecified atom stereocenters. The van der Waals surface area contributed by atoms with Crippen LogP contribution in [-0.2, 0) is 15.8 Å². The Bertz CT molecular complexity index is 621. The van der Waals surface area contributed by atoms with Crippen molar-refractivity contribution < 1.29 is 19.0 Å². The van der Waals surface area contributed by atoms with E-state index in [-0.39, 0.29) is 11.1 Å². The smallest absolute Gasteiger partial charge is 0.191 e. The van der Waals surface area contributed by atoms with Gasteiger partial charge in [-0.15, -0.1) is 6.58 Å². The van der Waals surface area contributed by atoms with Crippen LogP contribution in [0.3, 0.4) is 0 Å². The molecule has 0 spiro atoms. The summed E-state index contributed by atoms with van der Waals surface area (Å²) < 4.78 is 17.7. The quantitative estimate of drug-likeness (QED) is 0.237. The molecule has 3 atom stereocenters. The lowest BCUT2D eigenvalue weighted by Gasteiger charge is -2.36. The number of rotatable bonds is 15. The Morgan fingerprint density at radius 2 is 1.71 bits per heavy atom. The van der Waals surface area contributed by atoms with Crippen molar-refractivity contribution in [2.75, 3.05) is 13.7 Å². The molecule has 1 aromatic carbocycles. The fraction of sp³-hybridized carbons (Fsp3) is 0.692. The standard InChI is InChI=1S/C26H46O4Si/c1-9-10-11-24(27)25(29-20-22-13-15-23(28-6)16-14-22)17-12-21(2)18-19-30-31(7,8)26(3,4)5/h9,13-16,21,24-25,27H,1,10-12,17-20H2,2-8H3/t21-,24-,25-/m0/s1. The van der Waals surface area contributed by atoms with Crippen molar-refractivity contribution in [1.29, 1.82) is 0 Å². The molecule has 0 radical (unpaired) electrons. The lowest BCUT2D eigenvalue weighted by atomic mass is 9.96. The van der Waals surface area contributed by atoms with Gasteiger partial charge in [0.15, 0.2) is 8.32 Å². The van der Waals surface area contributed by atoms with E-state index in [0.29, 0.717) is 18.9 Å². The fourth-order valence-corrected chi connectivity index (χ4v) is 4.17. The van der Waals surface area contributed by atoms with Crippen LogP contribution in [-0.4, -0.2) is 39.3 Å². The van der Waals surface area contributed by atoms with Gasteiger partial charge in [0.1, 0.15) is 5.75 Å². The third-order valence-corrected chi connectivity index (χ3v) is 11.1. The van der Waals surface area contributed by atoms with Crippen molar-refractivity contribution in [2.24, 2.45) is 5.92 Å². The minimum Gasteiger partial charge on any atom is -0.497 e. The first-order valence-corrected chi connectivity index (χ1v) is 14.6. The summed E-state index contributed by atoms with van der Waals surface area (Å²) in [6.45, 7) is 18.8. The van der Waals surface area contributed by atoms with E-state index in [1.165, 1.54) is 0 Å². The van der Waals surface area contributed by atoms with Crippen molar-refractivity contribution in [3.8, 4) is 5.75 Å². The zero-order valence-corrected chi connectivity index (χ0v) is 21.9. The van der Waals surface area contributed by atoms with Gasteiger partial charge < -0.3 is 19.0 Å². The molecular weight excluding hydrogens is 404 g/mol. The maximum Gasteiger partial charge on any atom is 0.191 e. The molecule has 31 heavy (non-hydrogen) atoms. The van der Waals surface area contributed by atoms with Crippen LogP contribution in [0.5, 0.6) is 5.75 Å². The van der Waals surface area contributed by atoms with E-state index >= 15 is 0 Å². The highest BCUT2D eigenvalue weighted by Crippen LogP contribution is 2.36. The highest BCUT2D eigenvalue weighted by Gasteiger charge is 2.36. The predicted octanol–water partition coefficient (Wildman–Crippen LogP) is 6.74. The monoisotopic (exact) mass is 450 g/mol. The zero-order valence-electron chi connectivity index (χ0n) is 20.9. The van der Waals surface area contributed by atoms with Gasteiger partial charge in [0.2, 0.25) is 0 Å². The maximum absolute atomic E-state index is 10.7. The van der Waals surface area contributed by atoms with Crippen molar-refractivity contribution >= 4 is 8.32 Å². The van der Waals surface area contributed by atoms with E-state index < -0.39 is 14.4 Å². The van der Waals surface area contributed by atoms with E-state index in [9.17, 15) is 5.11 Å². The third-order valence-electron chi connectivity index (χ3n) is 6.54. The van der Waals surface area contributed by atoms with Crippen LogP contribution in [0.1, 0.15) is 65.4 Å². The molecular formula is C26H46O4Si. The lowest BCUT2D eigenvalue weighted by molar-refractivity contribution is -0.0547. The first-order chi connectivity index (χ1) is 14.5. The molecule has 0 bridgehead atoms. The first-order valence-electron chi connectivity index (χ1n) is 11.7. The molecule has 0 saturated carbocycles. The van der Waals surface area contributed by atoms with Gasteiger partial charge >= 0.3 is 0 Å². The first kappa shape index (κ1) is 27.9. The summed E-state index contributed by atoms with van der Waals surface area (Å²) in [6.07, 6.45) is 5.57. The van der Waals surface area contributed by atoms with Crippen molar-refractivity contribution in [3.05, 3.63) is 42.5 Å². The average Bonchev–Trinajstić information content (AvgIpc) is 2.71. The summed E-state index contributed by atoms with van der Waals surface area (Å²) >= 11 is 0. The molecule has 1 N–H and O–H groups in total. The molecule has 0 fully saturated rings. The number of aliphatic hydroxyl groups is 1. The number of hydrogen-bond donors (Lipinski definition) is 1. The van der Waals surface area contributed by atoms with Crippen LogP contribution >= 0.6 is 0 Å². The topological polar surface area (TPSA) is 47.9 Å². The largest absolute Gasteiger partial charge is 0.497 e. The summed E-state index contributed by atoms with van der Waals surface area (Å²) in [5.41, 5.74) is 1.08. The Balaban J connectivity index is 2.55. The number of hydrogen-bond acceptors (Lipinski definition) is 4. The number of allylic oxidation sites excluding steroid dienone is 1. The number of benzene rings is 1. The van der Waals surface area contributed by atoms with Gasteiger partial charge in [-0.3, -0.25) is 0 Å². The normalized spacial score (nSPS) is 15.4. The molecule has 0 aliphatic heterocycles. The van der Waals surface area contributed by atoms with Gasteiger partial charge in [-0.25, -0.2) is 0 Å². The van der Waals surface area contributed by atoms with Gasteiger partial charge in [-0.2, -0.15) is 0 Å². The van der Waals surface area contributed by atoms with Gasteiger partial charge in [-0.1, -0.05) is 45.9 Å². The molecule has 0 aliphatic rings. The van der Waals surface area contributed by atoms with Crippen LogP contribution in [0.2, 0.25) is 18.1 Å². The van der Waals surface area contributed by atoms with Crippen LogP contribution < -0.4 is 4.74 Å². The maximum atomic E-state index is 10.7. The molecule has 0 saturated heterocycles. The zero-order chi connectivity index (χ0) is 23.5. The van der Waals surface area contributed by atoms with Crippen LogP contribution in [0, 0.1) is 5.92 Å². The lowest BCUT2D eigenvalue weighted by Crippen LogP contribution is -2.41. The molecule has 4 nitrogen and oxygen atoms in total. The Morgan fingerprint density at radius 3 is 2.26 bits per heavy atom. The molecule has 5 heteroatoms. The van der Waals surface area contributed by atoms with Crippen LogP contribution in [0.25, 0.3) is 0 Å². The molecule has 0 aliphatic carbocycles. The minimum absolute atomic E-state index is 0.175. The Morgan fingerprint density at radius 1 is 1.06 bits per heavy atom. The van der Waals surface area contributed by atoms with Gasteiger partial charge in [0.05, 0.1) is 25.9 Å². The second-order valence-electron chi connectivity index (χ2n) is 10.2.